The number of fused-ring (bicyclic) bond motifs is 1. The van der Waals surface area contributed by atoms with Gasteiger partial charge in [-0.25, -0.2) is 0 Å². The van der Waals surface area contributed by atoms with E-state index >= 15 is 0 Å². The number of ketones is 1. The Bertz CT molecular complexity index is 708. The van der Waals surface area contributed by atoms with E-state index in [-0.39, 0.29) is 17.8 Å². The molecule has 1 atom stereocenters. The van der Waals surface area contributed by atoms with Crippen LogP contribution in [0.4, 0.5) is 0 Å². The van der Waals surface area contributed by atoms with Gasteiger partial charge in [0.25, 0.3) is 0 Å². The number of aryl methyl sites for hydroxylation is 1. The molecule has 1 aliphatic heterocycles. The summed E-state index contributed by atoms with van der Waals surface area (Å²) in [5.74, 6) is 1.49. The SMILES string of the molecule is Cc1cc(C(=O)CCl)c(C)n1C[C@@H]1COc2ccccc2O1. The fraction of sp³-hybridized carbons (Fsp3) is 0.353. The average molecular weight is 320 g/mol. The normalized spacial score (nSPS) is 16.6. The standard InChI is InChI=1S/C17H18ClNO3/c1-11-7-14(15(20)8-18)12(2)19(11)9-13-10-21-16-5-3-4-6-17(16)22-13/h3-7,13H,8-10H2,1-2H3/t13-/m1/s1. The number of hydrogen-bond acceptors (Lipinski definition) is 3. The van der Waals surface area contributed by atoms with Crippen LogP contribution >= 0.6 is 11.6 Å². The smallest absolute Gasteiger partial charge is 0.179 e. The van der Waals surface area contributed by atoms with E-state index in [1.165, 1.54) is 0 Å². The van der Waals surface area contributed by atoms with Gasteiger partial charge in [-0.1, -0.05) is 12.1 Å². The van der Waals surface area contributed by atoms with Crippen molar-refractivity contribution in [3.05, 3.63) is 47.3 Å². The number of para-hydroxylation sites is 2. The van der Waals surface area contributed by atoms with E-state index in [0.717, 1.165) is 22.9 Å². The fourth-order valence-corrected chi connectivity index (χ4v) is 2.94. The number of carbonyl (C=O) groups excluding carboxylic acids is 1. The average Bonchev–Trinajstić information content (AvgIpc) is 2.82. The number of ether oxygens (including phenoxy) is 2. The van der Waals surface area contributed by atoms with Crippen molar-refractivity contribution < 1.29 is 14.3 Å². The zero-order chi connectivity index (χ0) is 15.7. The number of rotatable bonds is 4. The molecule has 5 heteroatoms. The lowest BCUT2D eigenvalue weighted by atomic mass is 10.2. The number of aromatic nitrogens is 1. The van der Waals surface area contributed by atoms with Crippen molar-refractivity contribution in [1.82, 2.24) is 4.57 Å². The van der Waals surface area contributed by atoms with Crippen LogP contribution in [-0.4, -0.2) is 28.9 Å². The van der Waals surface area contributed by atoms with E-state index in [0.29, 0.717) is 18.7 Å². The van der Waals surface area contributed by atoms with Gasteiger partial charge in [-0.15, -0.1) is 11.6 Å². The molecule has 0 saturated carbocycles. The number of benzene rings is 1. The summed E-state index contributed by atoms with van der Waals surface area (Å²) in [6.45, 7) is 5.05. The van der Waals surface area contributed by atoms with Crippen LogP contribution in [-0.2, 0) is 6.54 Å². The van der Waals surface area contributed by atoms with E-state index < -0.39 is 0 Å². The molecule has 0 spiro atoms. The van der Waals surface area contributed by atoms with Gasteiger partial charge >= 0.3 is 0 Å². The molecule has 0 bridgehead atoms. The molecule has 0 unspecified atom stereocenters. The summed E-state index contributed by atoms with van der Waals surface area (Å²) < 4.78 is 13.8. The van der Waals surface area contributed by atoms with E-state index in [1.54, 1.807) is 0 Å². The van der Waals surface area contributed by atoms with E-state index in [9.17, 15) is 4.79 Å². The lowest BCUT2D eigenvalue weighted by molar-refractivity contribution is 0.0777. The topological polar surface area (TPSA) is 40.5 Å². The second-order valence-electron chi connectivity index (χ2n) is 5.45. The summed E-state index contributed by atoms with van der Waals surface area (Å²) in [5, 5.41) is 0. The highest BCUT2D eigenvalue weighted by molar-refractivity contribution is 6.30. The van der Waals surface area contributed by atoms with E-state index in [1.807, 2.05) is 44.2 Å². The molecule has 0 radical (unpaired) electrons. The van der Waals surface area contributed by atoms with E-state index in [2.05, 4.69) is 4.57 Å². The van der Waals surface area contributed by atoms with Crippen LogP contribution in [0.1, 0.15) is 21.7 Å². The molecule has 2 aromatic rings. The quantitative estimate of drug-likeness (QED) is 0.641. The first-order valence-corrected chi connectivity index (χ1v) is 7.78. The highest BCUT2D eigenvalue weighted by Gasteiger charge is 2.23. The van der Waals surface area contributed by atoms with Crippen molar-refractivity contribution in [2.75, 3.05) is 12.5 Å². The first kappa shape index (κ1) is 15.0. The predicted molar refractivity (Wildman–Crippen MR) is 85.3 cm³/mol. The monoisotopic (exact) mass is 319 g/mol. The van der Waals surface area contributed by atoms with Gasteiger partial charge < -0.3 is 14.0 Å². The molecule has 0 N–H and O–H groups in total. The number of Topliss-reactive ketones (excluding diaryl/α,β-unsaturated/α-hetero) is 1. The molecule has 0 fully saturated rings. The zero-order valence-electron chi connectivity index (χ0n) is 12.6. The van der Waals surface area contributed by atoms with Gasteiger partial charge in [-0.3, -0.25) is 4.79 Å². The molecule has 1 aliphatic rings. The molecule has 4 nitrogen and oxygen atoms in total. The maximum absolute atomic E-state index is 11.9. The molecule has 1 aromatic carbocycles. The van der Waals surface area contributed by atoms with Crippen molar-refractivity contribution in [2.45, 2.75) is 26.5 Å². The Balaban J connectivity index is 1.80. The van der Waals surface area contributed by atoms with Crippen molar-refractivity contribution in [1.29, 1.82) is 0 Å². The third-order valence-corrected chi connectivity index (χ3v) is 4.19. The molecule has 1 aromatic heterocycles. The lowest BCUT2D eigenvalue weighted by Crippen LogP contribution is -2.33. The number of hydrogen-bond donors (Lipinski definition) is 0. The van der Waals surface area contributed by atoms with Crippen LogP contribution in [0.15, 0.2) is 30.3 Å². The minimum Gasteiger partial charge on any atom is -0.486 e. The molecular weight excluding hydrogens is 302 g/mol. The highest BCUT2D eigenvalue weighted by Crippen LogP contribution is 2.31. The molecule has 3 rings (SSSR count). The van der Waals surface area contributed by atoms with Crippen LogP contribution in [0.5, 0.6) is 11.5 Å². The maximum Gasteiger partial charge on any atom is 0.179 e. The van der Waals surface area contributed by atoms with Gasteiger partial charge in [-0.2, -0.15) is 0 Å². The van der Waals surface area contributed by atoms with Crippen molar-refractivity contribution in [3.63, 3.8) is 0 Å². The minimum absolute atomic E-state index is 0.000703. The number of halogens is 1. The van der Waals surface area contributed by atoms with Crippen LogP contribution in [0.2, 0.25) is 0 Å². The van der Waals surface area contributed by atoms with Gasteiger partial charge in [-0.05, 0) is 32.0 Å². The number of nitrogens with zero attached hydrogens (tertiary/aromatic N) is 1. The van der Waals surface area contributed by atoms with Crippen LogP contribution in [0.25, 0.3) is 0 Å². The summed E-state index contributed by atoms with van der Waals surface area (Å²) in [5.41, 5.74) is 2.63. The Labute approximate surface area is 134 Å². The second kappa shape index (κ2) is 6.05. The van der Waals surface area contributed by atoms with Crippen LogP contribution in [0, 0.1) is 13.8 Å². The molecule has 2 heterocycles. The Hall–Kier alpha value is -1.94. The molecule has 22 heavy (non-hydrogen) atoms. The first-order chi connectivity index (χ1) is 10.6. The summed E-state index contributed by atoms with van der Waals surface area (Å²) in [4.78, 5) is 11.9. The largest absolute Gasteiger partial charge is 0.486 e. The zero-order valence-corrected chi connectivity index (χ0v) is 13.4. The van der Waals surface area contributed by atoms with Gasteiger partial charge in [0.15, 0.2) is 23.4 Å². The Morgan fingerprint density at radius 2 is 2.05 bits per heavy atom. The van der Waals surface area contributed by atoms with E-state index in [4.69, 9.17) is 21.1 Å². The van der Waals surface area contributed by atoms with Gasteiger partial charge in [0.1, 0.15) is 6.61 Å². The third kappa shape index (κ3) is 2.71. The number of carbonyl (C=O) groups is 1. The highest BCUT2D eigenvalue weighted by atomic mass is 35.5. The molecular formula is C17H18ClNO3. The van der Waals surface area contributed by atoms with Crippen LogP contribution in [0.3, 0.4) is 0 Å². The Morgan fingerprint density at radius 1 is 1.32 bits per heavy atom. The van der Waals surface area contributed by atoms with Gasteiger partial charge in [0.2, 0.25) is 0 Å². The minimum atomic E-state index is -0.0846. The lowest BCUT2D eigenvalue weighted by Gasteiger charge is -2.27. The fourth-order valence-electron chi connectivity index (χ4n) is 2.79. The number of alkyl halides is 1. The van der Waals surface area contributed by atoms with Gasteiger partial charge in [0.05, 0.1) is 12.4 Å². The summed E-state index contributed by atoms with van der Waals surface area (Å²) in [6, 6.07) is 9.53. The third-order valence-electron chi connectivity index (χ3n) is 3.95. The first-order valence-electron chi connectivity index (χ1n) is 7.24. The summed E-state index contributed by atoms with van der Waals surface area (Å²) >= 11 is 5.66. The predicted octanol–water partition coefficient (Wildman–Crippen LogP) is 3.37. The van der Waals surface area contributed by atoms with Crippen molar-refractivity contribution >= 4 is 17.4 Å². The second-order valence-corrected chi connectivity index (χ2v) is 5.72. The summed E-state index contributed by atoms with van der Waals surface area (Å²) in [6.07, 6.45) is -0.0846. The maximum atomic E-state index is 11.9. The van der Waals surface area contributed by atoms with Crippen molar-refractivity contribution in [3.8, 4) is 11.5 Å². The van der Waals surface area contributed by atoms with Crippen molar-refractivity contribution in [2.24, 2.45) is 0 Å². The molecule has 0 amide bonds. The molecule has 116 valence electrons. The molecule has 0 aliphatic carbocycles. The van der Waals surface area contributed by atoms with Crippen LogP contribution < -0.4 is 9.47 Å². The Morgan fingerprint density at radius 3 is 2.77 bits per heavy atom. The van der Waals surface area contributed by atoms with Gasteiger partial charge in [0, 0.05) is 17.0 Å². The Kier molecular flexibility index (Phi) is 4.12. The molecule has 0 saturated heterocycles. The summed E-state index contributed by atoms with van der Waals surface area (Å²) in [7, 11) is 0.